The Balaban J connectivity index is 2.57. The van der Waals surface area contributed by atoms with Crippen LogP contribution in [0.5, 0.6) is 0 Å². The number of aryl methyl sites for hydroxylation is 1. The molecule has 0 saturated heterocycles. The molecule has 2 aromatic rings. The number of carboxylic acids is 1. The molecule has 0 aliphatic rings. The predicted molar refractivity (Wildman–Crippen MR) is 66.6 cm³/mol. The molecule has 1 aromatic carbocycles. The molecule has 100 valence electrons. The van der Waals surface area contributed by atoms with Gasteiger partial charge in [0.15, 0.2) is 0 Å². The van der Waals surface area contributed by atoms with E-state index in [-0.39, 0.29) is 0 Å². The lowest BCUT2D eigenvalue weighted by molar-refractivity contribution is -0.385. The number of carbonyl (C=O) groups is 1. The van der Waals surface area contributed by atoms with E-state index in [4.69, 9.17) is 10.4 Å². The van der Waals surface area contributed by atoms with Gasteiger partial charge in [0.2, 0.25) is 5.69 Å². The minimum atomic E-state index is -1.47. The molecule has 0 saturated carbocycles. The van der Waals surface area contributed by atoms with Crippen LogP contribution in [-0.4, -0.2) is 25.8 Å². The van der Waals surface area contributed by atoms with Crippen LogP contribution in [-0.2, 0) is 0 Å². The molecule has 0 fully saturated rings. The van der Waals surface area contributed by atoms with Gasteiger partial charge >= 0.3 is 11.7 Å². The smallest absolute Gasteiger partial charge is 0.363 e. The van der Waals surface area contributed by atoms with Gasteiger partial charge in [-0.15, -0.1) is 0 Å². The van der Waals surface area contributed by atoms with Crippen LogP contribution in [0, 0.1) is 28.4 Å². The second-order valence-electron chi connectivity index (χ2n) is 3.98. The van der Waals surface area contributed by atoms with E-state index in [9.17, 15) is 14.9 Å². The van der Waals surface area contributed by atoms with Crippen molar-refractivity contribution in [1.29, 1.82) is 5.26 Å². The van der Waals surface area contributed by atoms with Crippen molar-refractivity contribution in [2.24, 2.45) is 0 Å². The van der Waals surface area contributed by atoms with Crippen molar-refractivity contribution >= 4 is 11.7 Å². The molecular formula is C12H8N4O4. The van der Waals surface area contributed by atoms with E-state index in [2.05, 4.69) is 5.10 Å². The van der Waals surface area contributed by atoms with Crippen LogP contribution in [0.4, 0.5) is 5.69 Å². The fourth-order valence-corrected chi connectivity index (χ4v) is 1.70. The van der Waals surface area contributed by atoms with Gasteiger partial charge in [0, 0.05) is 0 Å². The van der Waals surface area contributed by atoms with Crippen LogP contribution >= 0.6 is 0 Å². The maximum atomic E-state index is 10.9. The van der Waals surface area contributed by atoms with E-state index < -0.39 is 22.3 Å². The normalized spacial score (nSPS) is 10.0. The molecule has 0 amide bonds. The fourth-order valence-electron chi connectivity index (χ4n) is 1.70. The van der Waals surface area contributed by atoms with Gasteiger partial charge in [-0.3, -0.25) is 10.1 Å². The first kappa shape index (κ1) is 13.2. The third-order valence-electron chi connectivity index (χ3n) is 2.69. The number of aromatic carboxylic acids is 1. The van der Waals surface area contributed by atoms with Crippen LogP contribution in [0.2, 0.25) is 0 Å². The topological polar surface area (TPSA) is 122 Å². The van der Waals surface area contributed by atoms with Crippen molar-refractivity contribution in [3.63, 3.8) is 0 Å². The Kier molecular flexibility index (Phi) is 3.18. The summed E-state index contributed by atoms with van der Waals surface area (Å²) in [7, 11) is 0. The number of benzene rings is 1. The standard InChI is InChI=1S/C12H8N4O4/c1-7-4-9(3-2-8(7)5-13)15-6-10(16(19)20)11(14-15)12(17)18/h2-4,6H,1H3,(H,17,18). The molecule has 8 heteroatoms. The average molecular weight is 272 g/mol. The summed E-state index contributed by atoms with van der Waals surface area (Å²) < 4.78 is 1.11. The van der Waals surface area contributed by atoms with Crippen molar-refractivity contribution in [2.75, 3.05) is 0 Å². The lowest BCUT2D eigenvalue weighted by atomic mass is 10.1. The lowest BCUT2D eigenvalue weighted by Crippen LogP contribution is -2.03. The third-order valence-corrected chi connectivity index (χ3v) is 2.69. The Hall–Kier alpha value is -3.21. The van der Waals surface area contributed by atoms with Gasteiger partial charge in [-0.2, -0.15) is 10.4 Å². The number of hydrogen-bond acceptors (Lipinski definition) is 5. The van der Waals surface area contributed by atoms with Gasteiger partial charge in [0.05, 0.1) is 22.2 Å². The Morgan fingerprint density at radius 3 is 2.70 bits per heavy atom. The third kappa shape index (κ3) is 2.20. The van der Waals surface area contributed by atoms with Crippen molar-refractivity contribution < 1.29 is 14.8 Å². The number of carboxylic acid groups (broad SMARTS) is 1. The van der Waals surface area contributed by atoms with Crippen molar-refractivity contribution in [3.8, 4) is 11.8 Å². The minimum absolute atomic E-state index is 0.442. The zero-order valence-electron chi connectivity index (χ0n) is 10.3. The highest BCUT2D eigenvalue weighted by Gasteiger charge is 2.25. The highest BCUT2D eigenvalue weighted by Crippen LogP contribution is 2.21. The van der Waals surface area contributed by atoms with E-state index in [1.54, 1.807) is 19.1 Å². The van der Waals surface area contributed by atoms with Crippen molar-refractivity contribution in [3.05, 3.63) is 51.3 Å². The molecule has 0 aliphatic carbocycles. The molecular weight excluding hydrogens is 264 g/mol. The minimum Gasteiger partial charge on any atom is -0.476 e. The quantitative estimate of drug-likeness (QED) is 0.669. The van der Waals surface area contributed by atoms with E-state index in [1.165, 1.54) is 6.07 Å². The molecule has 0 unspecified atom stereocenters. The van der Waals surface area contributed by atoms with E-state index in [1.807, 2.05) is 6.07 Å². The van der Waals surface area contributed by atoms with E-state index in [0.29, 0.717) is 16.8 Å². The van der Waals surface area contributed by atoms with Crippen LogP contribution in [0.25, 0.3) is 5.69 Å². The molecule has 8 nitrogen and oxygen atoms in total. The highest BCUT2D eigenvalue weighted by molar-refractivity contribution is 5.89. The monoisotopic (exact) mass is 272 g/mol. The van der Waals surface area contributed by atoms with Crippen LogP contribution in [0.3, 0.4) is 0 Å². The first-order chi connectivity index (χ1) is 9.43. The van der Waals surface area contributed by atoms with Crippen molar-refractivity contribution in [1.82, 2.24) is 9.78 Å². The molecule has 20 heavy (non-hydrogen) atoms. The first-order valence-electron chi connectivity index (χ1n) is 5.42. The summed E-state index contributed by atoms with van der Waals surface area (Å²) in [6.45, 7) is 1.71. The maximum absolute atomic E-state index is 10.9. The number of nitro groups is 1. The SMILES string of the molecule is Cc1cc(-n2cc([N+](=O)[O-])c(C(=O)O)n2)ccc1C#N. The first-order valence-corrected chi connectivity index (χ1v) is 5.42. The van der Waals surface area contributed by atoms with E-state index >= 15 is 0 Å². The molecule has 1 N–H and O–H groups in total. The second kappa shape index (κ2) is 4.81. The molecule has 0 bridgehead atoms. The summed E-state index contributed by atoms with van der Waals surface area (Å²) in [4.78, 5) is 20.9. The summed E-state index contributed by atoms with van der Waals surface area (Å²) in [5.74, 6) is -1.47. The molecule has 2 rings (SSSR count). The number of aromatic nitrogens is 2. The van der Waals surface area contributed by atoms with Crippen LogP contribution in [0.15, 0.2) is 24.4 Å². The molecule has 0 spiro atoms. The second-order valence-corrected chi connectivity index (χ2v) is 3.98. The molecule has 1 heterocycles. The Labute approximate surface area is 112 Å². The number of nitriles is 1. The summed E-state index contributed by atoms with van der Waals surface area (Å²) in [5, 5.41) is 32.2. The molecule has 0 atom stereocenters. The Bertz CT molecular complexity index is 726. The zero-order chi connectivity index (χ0) is 14.9. The highest BCUT2D eigenvalue weighted by atomic mass is 16.6. The summed E-state index contributed by atoms with van der Waals surface area (Å²) in [5.41, 5.74) is 0.363. The summed E-state index contributed by atoms with van der Waals surface area (Å²) in [6.07, 6.45) is 1.03. The number of hydrogen-bond donors (Lipinski definition) is 1. The number of nitrogens with zero attached hydrogens (tertiary/aromatic N) is 4. The molecule has 1 aromatic heterocycles. The van der Waals surface area contributed by atoms with Gasteiger partial charge < -0.3 is 5.11 Å². The summed E-state index contributed by atoms with van der Waals surface area (Å²) in [6, 6.07) is 6.67. The molecule has 0 aliphatic heterocycles. The lowest BCUT2D eigenvalue weighted by Gasteiger charge is -2.03. The van der Waals surface area contributed by atoms with Crippen molar-refractivity contribution in [2.45, 2.75) is 6.92 Å². The molecule has 0 radical (unpaired) electrons. The van der Waals surface area contributed by atoms with E-state index in [0.717, 1.165) is 10.9 Å². The van der Waals surface area contributed by atoms with Crippen LogP contribution in [0.1, 0.15) is 21.6 Å². The van der Waals surface area contributed by atoms with Crippen LogP contribution < -0.4 is 0 Å². The van der Waals surface area contributed by atoms with Gasteiger partial charge in [0.1, 0.15) is 6.20 Å². The predicted octanol–water partition coefficient (Wildman–Crippen LogP) is 1.66. The Morgan fingerprint density at radius 2 is 2.25 bits per heavy atom. The van der Waals surface area contributed by atoms with Gasteiger partial charge in [-0.1, -0.05) is 0 Å². The van der Waals surface area contributed by atoms with Gasteiger partial charge in [0.25, 0.3) is 0 Å². The Morgan fingerprint density at radius 1 is 1.55 bits per heavy atom. The van der Waals surface area contributed by atoms with Gasteiger partial charge in [-0.25, -0.2) is 9.48 Å². The largest absolute Gasteiger partial charge is 0.476 e. The van der Waals surface area contributed by atoms with Gasteiger partial charge in [-0.05, 0) is 30.7 Å². The number of rotatable bonds is 3. The summed E-state index contributed by atoms with van der Waals surface area (Å²) >= 11 is 0. The fraction of sp³-hybridized carbons (Fsp3) is 0.0833. The maximum Gasteiger partial charge on any atom is 0.363 e. The average Bonchev–Trinajstić information content (AvgIpc) is 2.84. The zero-order valence-corrected chi connectivity index (χ0v) is 10.3.